The second-order valence-corrected chi connectivity index (χ2v) is 5.16. The van der Waals surface area contributed by atoms with Gasteiger partial charge in [-0.3, -0.25) is 9.78 Å². The molecule has 3 N–H and O–H groups in total. The summed E-state index contributed by atoms with van der Waals surface area (Å²) in [7, 11) is 0. The van der Waals surface area contributed by atoms with Crippen molar-refractivity contribution in [1.82, 2.24) is 10.3 Å². The fraction of sp³-hybridized carbons (Fsp3) is 0.250. The number of hydrogen-bond acceptors (Lipinski definition) is 4. The molecule has 1 aliphatic rings. The molecule has 5 heteroatoms. The van der Waals surface area contributed by atoms with Crippen LogP contribution < -0.4 is 10.6 Å². The van der Waals surface area contributed by atoms with Gasteiger partial charge in [-0.2, -0.15) is 0 Å². The van der Waals surface area contributed by atoms with Gasteiger partial charge in [0.25, 0.3) is 0 Å². The third-order valence-corrected chi connectivity index (χ3v) is 3.57. The molecule has 2 heterocycles. The molecule has 0 radical (unpaired) electrons. The SMILES string of the molecule is O=C(Nc1ccc(-c2cccnc2)cc1)[C@H]1C[C@H](O)CN1. The molecule has 0 spiro atoms. The minimum absolute atomic E-state index is 0.110. The highest BCUT2D eigenvalue weighted by atomic mass is 16.3. The third-order valence-electron chi connectivity index (χ3n) is 3.57. The van der Waals surface area contributed by atoms with Crippen molar-refractivity contribution in [1.29, 1.82) is 0 Å². The third kappa shape index (κ3) is 3.26. The standard InChI is InChI=1S/C16H17N3O2/c20-14-8-15(18-10-14)16(21)19-13-5-3-11(4-6-13)12-2-1-7-17-9-12/h1-7,9,14-15,18,20H,8,10H2,(H,19,21)/t14-,15+/m0/s1. The number of carbonyl (C=O) groups is 1. The molecule has 21 heavy (non-hydrogen) atoms. The normalized spacial score (nSPS) is 21.2. The van der Waals surface area contributed by atoms with Gasteiger partial charge in [0.2, 0.25) is 5.91 Å². The van der Waals surface area contributed by atoms with Crippen molar-refractivity contribution in [3.63, 3.8) is 0 Å². The Labute approximate surface area is 123 Å². The zero-order valence-corrected chi connectivity index (χ0v) is 11.5. The lowest BCUT2D eigenvalue weighted by molar-refractivity contribution is -0.117. The monoisotopic (exact) mass is 283 g/mol. The number of rotatable bonds is 3. The molecule has 1 aromatic heterocycles. The van der Waals surface area contributed by atoms with Crippen LogP contribution >= 0.6 is 0 Å². The van der Waals surface area contributed by atoms with Gasteiger partial charge < -0.3 is 15.7 Å². The number of pyridine rings is 1. The van der Waals surface area contributed by atoms with Crippen molar-refractivity contribution in [3.8, 4) is 11.1 Å². The molecule has 1 saturated heterocycles. The van der Waals surface area contributed by atoms with Crippen molar-refractivity contribution in [3.05, 3.63) is 48.8 Å². The molecule has 0 unspecified atom stereocenters. The van der Waals surface area contributed by atoms with Crippen LogP contribution in [0.15, 0.2) is 48.8 Å². The predicted octanol–water partition coefficient (Wildman–Crippen LogP) is 1.41. The van der Waals surface area contributed by atoms with Crippen LogP contribution in [0, 0.1) is 0 Å². The minimum Gasteiger partial charge on any atom is -0.392 e. The molecular formula is C16H17N3O2. The van der Waals surface area contributed by atoms with Gasteiger partial charge in [0.1, 0.15) is 0 Å². The first kappa shape index (κ1) is 13.7. The summed E-state index contributed by atoms with van der Waals surface area (Å²) in [6.45, 7) is 0.470. The number of hydrogen-bond donors (Lipinski definition) is 3. The Morgan fingerprint density at radius 2 is 2.05 bits per heavy atom. The van der Waals surface area contributed by atoms with E-state index in [0.717, 1.165) is 16.8 Å². The van der Waals surface area contributed by atoms with Crippen molar-refractivity contribution in [2.45, 2.75) is 18.6 Å². The Bertz CT molecular complexity index is 613. The number of aliphatic hydroxyl groups excluding tert-OH is 1. The molecule has 0 bridgehead atoms. The number of aromatic nitrogens is 1. The Kier molecular flexibility index (Phi) is 3.94. The van der Waals surface area contributed by atoms with Gasteiger partial charge >= 0.3 is 0 Å². The fourth-order valence-corrected chi connectivity index (χ4v) is 2.43. The topological polar surface area (TPSA) is 74.2 Å². The summed E-state index contributed by atoms with van der Waals surface area (Å²) in [5.41, 5.74) is 2.84. The summed E-state index contributed by atoms with van der Waals surface area (Å²) in [5, 5.41) is 15.3. The van der Waals surface area contributed by atoms with Gasteiger partial charge in [0, 0.05) is 24.6 Å². The Hall–Kier alpha value is -2.24. The lowest BCUT2D eigenvalue weighted by Crippen LogP contribution is -2.35. The molecule has 2 atom stereocenters. The largest absolute Gasteiger partial charge is 0.392 e. The van der Waals surface area contributed by atoms with E-state index >= 15 is 0 Å². The van der Waals surface area contributed by atoms with E-state index in [-0.39, 0.29) is 11.9 Å². The Morgan fingerprint density at radius 1 is 1.24 bits per heavy atom. The van der Waals surface area contributed by atoms with Crippen molar-refractivity contribution in [2.75, 3.05) is 11.9 Å². The molecule has 0 saturated carbocycles. The molecule has 1 fully saturated rings. The second-order valence-electron chi connectivity index (χ2n) is 5.16. The number of amides is 1. The van der Waals surface area contributed by atoms with Crippen LogP contribution in [0.4, 0.5) is 5.69 Å². The highest BCUT2D eigenvalue weighted by Gasteiger charge is 2.27. The van der Waals surface area contributed by atoms with E-state index in [9.17, 15) is 9.90 Å². The van der Waals surface area contributed by atoms with E-state index < -0.39 is 6.10 Å². The van der Waals surface area contributed by atoms with Gasteiger partial charge in [-0.25, -0.2) is 0 Å². The lowest BCUT2D eigenvalue weighted by Gasteiger charge is -2.11. The predicted molar refractivity (Wildman–Crippen MR) is 80.7 cm³/mol. The van der Waals surface area contributed by atoms with E-state index in [1.807, 2.05) is 36.4 Å². The maximum Gasteiger partial charge on any atom is 0.241 e. The van der Waals surface area contributed by atoms with Crippen molar-refractivity contribution >= 4 is 11.6 Å². The van der Waals surface area contributed by atoms with E-state index in [1.54, 1.807) is 12.4 Å². The maximum absolute atomic E-state index is 12.0. The quantitative estimate of drug-likeness (QED) is 0.796. The number of β-amino-alcohol motifs (C(OH)–C–C–N with tert-alkyl or cyclic N) is 1. The second kappa shape index (κ2) is 6.03. The van der Waals surface area contributed by atoms with Crippen LogP contribution in [0.5, 0.6) is 0 Å². The average molecular weight is 283 g/mol. The van der Waals surface area contributed by atoms with Gasteiger partial charge in [-0.1, -0.05) is 18.2 Å². The van der Waals surface area contributed by atoms with Crippen LogP contribution in [-0.2, 0) is 4.79 Å². The summed E-state index contributed by atoms with van der Waals surface area (Å²) in [6.07, 6.45) is 3.56. The molecule has 1 aliphatic heterocycles. The summed E-state index contributed by atoms with van der Waals surface area (Å²) in [5.74, 6) is -0.110. The van der Waals surface area contributed by atoms with E-state index in [1.165, 1.54) is 0 Å². The van der Waals surface area contributed by atoms with Gasteiger partial charge in [0.05, 0.1) is 12.1 Å². The molecule has 3 rings (SSSR count). The number of nitrogens with zero attached hydrogens (tertiary/aromatic N) is 1. The molecular weight excluding hydrogens is 266 g/mol. The average Bonchev–Trinajstić information content (AvgIpc) is 2.96. The number of anilines is 1. The molecule has 2 aromatic rings. The van der Waals surface area contributed by atoms with E-state index in [2.05, 4.69) is 15.6 Å². The van der Waals surface area contributed by atoms with E-state index in [4.69, 9.17) is 0 Å². The fourth-order valence-electron chi connectivity index (χ4n) is 2.43. The van der Waals surface area contributed by atoms with Crippen LogP contribution in [0.3, 0.4) is 0 Å². The van der Waals surface area contributed by atoms with Crippen LogP contribution in [-0.4, -0.2) is 34.7 Å². The van der Waals surface area contributed by atoms with Crippen LogP contribution in [0.25, 0.3) is 11.1 Å². The molecule has 1 amide bonds. The van der Waals surface area contributed by atoms with Gasteiger partial charge in [0.15, 0.2) is 0 Å². The first-order valence-corrected chi connectivity index (χ1v) is 6.95. The highest BCUT2D eigenvalue weighted by Crippen LogP contribution is 2.20. The van der Waals surface area contributed by atoms with Crippen molar-refractivity contribution < 1.29 is 9.90 Å². The smallest absolute Gasteiger partial charge is 0.241 e. The first-order valence-electron chi connectivity index (χ1n) is 6.95. The summed E-state index contributed by atoms with van der Waals surface area (Å²) >= 11 is 0. The summed E-state index contributed by atoms with van der Waals surface area (Å²) < 4.78 is 0. The lowest BCUT2D eigenvalue weighted by atomic mass is 10.1. The number of nitrogens with one attached hydrogen (secondary N) is 2. The zero-order valence-electron chi connectivity index (χ0n) is 11.5. The van der Waals surface area contributed by atoms with Crippen LogP contribution in [0.1, 0.15) is 6.42 Å². The van der Waals surface area contributed by atoms with Crippen LogP contribution in [0.2, 0.25) is 0 Å². The molecule has 108 valence electrons. The first-order chi connectivity index (χ1) is 10.2. The maximum atomic E-state index is 12.0. The minimum atomic E-state index is -0.436. The molecule has 1 aromatic carbocycles. The summed E-state index contributed by atoms with van der Waals surface area (Å²) in [6, 6.07) is 11.2. The van der Waals surface area contributed by atoms with Gasteiger partial charge in [-0.15, -0.1) is 0 Å². The number of carbonyl (C=O) groups excluding carboxylic acids is 1. The number of aliphatic hydroxyl groups is 1. The molecule has 5 nitrogen and oxygen atoms in total. The highest BCUT2D eigenvalue weighted by molar-refractivity contribution is 5.95. The summed E-state index contributed by atoms with van der Waals surface area (Å²) in [4.78, 5) is 16.1. The van der Waals surface area contributed by atoms with Crippen molar-refractivity contribution in [2.24, 2.45) is 0 Å². The van der Waals surface area contributed by atoms with E-state index in [0.29, 0.717) is 13.0 Å². The zero-order chi connectivity index (χ0) is 14.7. The van der Waals surface area contributed by atoms with Gasteiger partial charge in [-0.05, 0) is 35.7 Å². The Balaban J connectivity index is 1.66. The number of benzene rings is 1. The molecule has 0 aliphatic carbocycles. The Morgan fingerprint density at radius 3 is 2.67 bits per heavy atom.